The van der Waals surface area contributed by atoms with Crippen LogP contribution in [0.5, 0.6) is 5.75 Å². The van der Waals surface area contributed by atoms with Crippen molar-refractivity contribution in [1.82, 2.24) is 0 Å². The van der Waals surface area contributed by atoms with Crippen LogP contribution in [0.3, 0.4) is 0 Å². The van der Waals surface area contributed by atoms with Crippen LogP contribution < -0.4 is 4.74 Å². The van der Waals surface area contributed by atoms with Crippen LogP contribution >= 0.6 is 22.6 Å². The first-order valence-corrected chi connectivity index (χ1v) is 12.2. The van der Waals surface area contributed by atoms with E-state index >= 15 is 0 Å². The summed E-state index contributed by atoms with van der Waals surface area (Å²) in [5, 5.41) is 10.0. The second-order valence-corrected chi connectivity index (χ2v) is 9.42. The lowest BCUT2D eigenvalue weighted by atomic mass is 9.90. The van der Waals surface area contributed by atoms with Crippen LogP contribution in [-0.2, 0) is 27.4 Å². The van der Waals surface area contributed by atoms with Gasteiger partial charge in [-0.25, -0.2) is 0 Å². The maximum atomic E-state index is 10.0. The van der Waals surface area contributed by atoms with Crippen molar-refractivity contribution in [2.24, 2.45) is 5.92 Å². The monoisotopic (exact) mass is 560 g/mol. The lowest BCUT2D eigenvalue weighted by Gasteiger charge is -2.44. The Kier molecular flexibility index (Phi) is 8.75. The van der Waals surface area contributed by atoms with Gasteiger partial charge in [-0.3, -0.25) is 0 Å². The third kappa shape index (κ3) is 6.55. The largest absolute Gasteiger partial charge is 0.462 e. The van der Waals surface area contributed by atoms with Gasteiger partial charge in [-0.1, -0.05) is 67.6 Å². The van der Waals surface area contributed by atoms with Gasteiger partial charge >= 0.3 is 0 Å². The molecule has 3 aromatic rings. The highest BCUT2D eigenvalue weighted by molar-refractivity contribution is 14.1. The zero-order chi connectivity index (χ0) is 23.0. The molecule has 5 atom stereocenters. The molecule has 0 spiro atoms. The Hall–Kier alpha value is -1.97. The molecule has 0 unspecified atom stereocenters. The Morgan fingerprint density at radius 1 is 0.788 bits per heavy atom. The zero-order valence-electron chi connectivity index (χ0n) is 18.5. The number of aliphatic hydroxyl groups excluding tert-OH is 1. The second kappa shape index (κ2) is 11.9. The van der Waals surface area contributed by atoms with Crippen LogP contribution in [0.25, 0.3) is 0 Å². The van der Waals surface area contributed by atoms with Gasteiger partial charge in [-0.05, 0) is 58.0 Å². The molecule has 0 saturated carbocycles. The van der Waals surface area contributed by atoms with E-state index in [1.807, 2.05) is 91.9 Å². The van der Waals surface area contributed by atoms with E-state index in [4.69, 9.17) is 18.9 Å². The second-order valence-electron chi connectivity index (χ2n) is 8.18. The smallest absolute Gasteiger partial charge is 0.229 e. The Bertz CT molecular complexity index is 967. The Morgan fingerprint density at radius 2 is 1.33 bits per heavy atom. The number of halogens is 1. The minimum atomic E-state index is -0.720. The number of aliphatic hydroxyl groups is 1. The van der Waals surface area contributed by atoms with E-state index in [0.29, 0.717) is 19.0 Å². The molecule has 33 heavy (non-hydrogen) atoms. The highest BCUT2D eigenvalue weighted by atomic mass is 127. The van der Waals surface area contributed by atoms with E-state index in [2.05, 4.69) is 22.6 Å². The van der Waals surface area contributed by atoms with Crippen molar-refractivity contribution in [3.63, 3.8) is 0 Å². The lowest BCUT2D eigenvalue weighted by molar-refractivity contribution is -0.284. The van der Waals surface area contributed by atoms with Gasteiger partial charge in [0.1, 0.15) is 11.9 Å². The number of benzene rings is 3. The molecule has 1 aliphatic heterocycles. The number of hydrogen-bond acceptors (Lipinski definition) is 5. The molecule has 1 aliphatic rings. The Balaban J connectivity index is 1.57. The molecule has 1 saturated heterocycles. The van der Waals surface area contributed by atoms with Crippen LogP contribution in [0.4, 0.5) is 0 Å². The summed E-state index contributed by atoms with van der Waals surface area (Å²) in [5.74, 6) is 0.595. The fourth-order valence-corrected chi connectivity index (χ4v) is 4.30. The predicted octanol–water partition coefficient (Wildman–Crippen LogP) is 5.19. The summed E-state index contributed by atoms with van der Waals surface area (Å²) in [4.78, 5) is 0. The molecule has 1 N–H and O–H groups in total. The highest BCUT2D eigenvalue weighted by Crippen LogP contribution is 2.33. The molecular weight excluding hydrogens is 531 g/mol. The van der Waals surface area contributed by atoms with Gasteiger partial charge in [-0.15, -0.1) is 0 Å². The summed E-state index contributed by atoms with van der Waals surface area (Å²) in [6, 6.07) is 27.8. The fraction of sp³-hybridized carbons (Fsp3) is 0.333. The average molecular weight is 560 g/mol. The van der Waals surface area contributed by atoms with Gasteiger partial charge in [0.25, 0.3) is 0 Å². The standard InChI is InChI=1S/C27H29IO5/c1-19-24(16-29)33-27(32-23-14-12-22(28)13-15-23)26(31-18-21-10-6-3-7-11-21)25(19)30-17-20-8-4-2-5-9-20/h2-15,19,24-27,29H,16-18H2,1H3/t19-,24-,25+,26+,27+/m1/s1. The molecule has 174 valence electrons. The average Bonchev–Trinajstić information content (AvgIpc) is 2.85. The van der Waals surface area contributed by atoms with Crippen molar-refractivity contribution in [3.8, 4) is 5.75 Å². The third-order valence-corrected chi connectivity index (χ3v) is 6.54. The molecule has 1 heterocycles. The van der Waals surface area contributed by atoms with Crippen molar-refractivity contribution < 1.29 is 24.1 Å². The van der Waals surface area contributed by atoms with Crippen LogP contribution in [0, 0.1) is 9.49 Å². The summed E-state index contributed by atoms with van der Waals surface area (Å²) in [7, 11) is 0. The van der Waals surface area contributed by atoms with Gasteiger partial charge in [0.15, 0.2) is 0 Å². The summed E-state index contributed by atoms with van der Waals surface area (Å²) in [5.41, 5.74) is 2.14. The minimum absolute atomic E-state index is 0.0870. The predicted molar refractivity (Wildman–Crippen MR) is 135 cm³/mol. The van der Waals surface area contributed by atoms with E-state index in [1.54, 1.807) is 0 Å². The normalized spacial score (nSPS) is 25.0. The number of hydrogen-bond donors (Lipinski definition) is 1. The molecule has 5 nitrogen and oxygen atoms in total. The van der Waals surface area contributed by atoms with Crippen LogP contribution in [0.1, 0.15) is 18.1 Å². The Morgan fingerprint density at radius 3 is 1.88 bits per heavy atom. The Labute approximate surface area is 208 Å². The van der Waals surface area contributed by atoms with Crippen molar-refractivity contribution >= 4 is 22.6 Å². The molecule has 0 radical (unpaired) electrons. The minimum Gasteiger partial charge on any atom is -0.462 e. The maximum Gasteiger partial charge on any atom is 0.229 e. The summed E-state index contributed by atoms with van der Waals surface area (Å²) < 4.78 is 26.3. The summed E-state index contributed by atoms with van der Waals surface area (Å²) in [6.45, 7) is 2.75. The van der Waals surface area contributed by atoms with Gasteiger partial charge in [0.2, 0.25) is 6.29 Å². The van der Waals surface area contributed by atoms with Crippen molar-refractivity contribution in [1.29, 1.82) is 0 Å². The van der Waals surface area contributed by atoms with E-state index in [1.165, 1.54) is 0 Å². The molecule has 4 rings (SSSR count). The van der Waals surface area contributed by atoms with Crippen molar-refractivity contribution in [2.45, 2.75) is 44.7 Å². The first-order valence-electron chi connectivity index (χ1n) is 11.1. The van der Waals surface area contributed by atoms with Crippen molar-refractivity contribution in [3.05, 3.63) is 99.6 Å². The van der Waals surface area contributed by atoms with E-state index in [-0.39, 0.29) is 18.6 Å². The molecule has 3 aromatic carbocycles. The van der Waals surface area contributed by atoms with Gasteiger partial charge in [-0.2, -0.15) is 0 Å². The molecule has 6 heteroatoms. The van der Waals surface area contributed by atoms with E-state index in [0.717, 1.165) is 14.7 Å². The van der Waals surface area contributed by atoms with Crippen LogP contribution in [-0.4, -0.2) is 36.3 Å². The van der Waals surface area contributed by atoms with E-state index < -0.39 is 18.5 Å². The molecule has 0 aliphatic carbocycles. The molecule has 0 bridgehead atoms. The zero-order valence-corrected chi connectivity index (χ0v) is 20.7. The topological polar surface area (TPSA) is 57.2 Å². The third-order valence-electron chi connectivity index (χ3n) is 5.82. The maximum absolute atomic E-state index is 10.0. The molecular formula is C27H29IO5. The van der Waals surface area contributed by atoms with Crippen LogP contribution in [0.15, 0.2) is 84.9 Å². The molecule has 0 amide bonds. The molecule has 0 aromatic heterocycles. The van der Waals surface area contributed by atoms with Crippen molar-refractivity contribution in [2.75, 3.05) is 6.61 Å². The fourth-order valence-electron chi connectivity index (χ4n) is 3.94. The summed E-state index contributed by atoms with van der Waals surface area (Å²) in [6.07, 6.45) is -1.95. The van der Waals surface area contributed by atoms with E-state index in [9.17, 15) is 5.11 Å². The highest BCUT2D eigenvalue weighted by Gasteiger charge is 2.46. The van der Waals surface area contributed by atoms with Crippen LogP contribution in [0.2, 0.25) is 0 Å². The molecule has 1 fully saturated rings. The summed E-state index contributed by atoms with van der Waals surface area (Å²) >= 11 is 2.26. The van der Waals surface area contributed by atoms with Gasteiger partial charge in [0, 0.05) is 9.49 Å². The number of ether oxygens (including phenoxy) is 4. The van der Waals surface area contributed by atoms with Gasteiger partial charge in [0.05, 0.1) is 32.0 Å². The first kappa shape index (κ1) is 24.2. The lowest BCUT2D eigenvalue weighted by Crippen LogP contribution is -2.58. The first-order chi connectivity index (χ1) is 16.1. The number of rotatable bonds is 9. The quantitative estimate of drug-likeness (QED) is 0.365. The SMILES string of the molecule is C[C@H]1[C@H](OCc2ccccc2)[C@H](OCc2ccccc2)[C@@H](Oc2ccc(I)cc2)O[C@@H]1CO. The van der Waals surface area contributed by atoms with Gasteiger partial charge < -0.3 is 24.1 Å².